The van der Waals surface area contributed by atoms with Crippen LogP contribution in [0.2, 0.25) is 0 Å². The van der Waals surface area contributed by atoms with E-state index in [1.165, 1.54) is 12.1 Å². The van der Waals surface area contributed by atoms with Crippen LogP contribution in [0.4, 0.5) is 4.39 Å². The summed E-state index contributed by atoms with van der Waals surface area (Å²) >= 11 is 0. The molecule has 1 rings (SSSR count). The Morgan fingerprint density at radius 1 is 1.40 bits per heavy atom. The first kappa shape index (κ1) is 16.4. The maximum absolute atomic E-state index is 13.1. The molecule has 20 heavy (non-hydrogen) atoms. The highest BCUT2D eigenvalue weighted by Crippen LogP contribution is 2.14. The number of halogens is 1. The van der Waals surface area contributed by atoms with Gasteiger partial charge in [0, 0.05) is 18.5 Å². The minimum absolute atomic E-state index is 0.0133. The van der Waals surface area contributed by atoms with Crippen molar-refractivity contribution in [3.05, 3.63) is 30.1 Å². The number of benzene rings is 1. The molecule has 0 bridgehead atoms. The fraction of sp³-hybridized carbons (Fsp3) is 0.533. The van der Waals surface area contributed by atoms with Gasteiger partial charge >= 0.3 is 0 Å². The summed E-state index contributed by atoms with van der Waals surface area (Å²) in [4.78, 5) is 11.8. The Balaban J connectivity index is 2.45. The van der Waals surface area contributed by atoms with Gasteiger partial charge in [-0.05, 0) is 25.6 Å². The monoisotopic (exact) mass is 282 g/mol. The number of carbonyl (C=O) groups excluding carboxylic acids is 1. The number of rotatable bonds is 8. The number of hydrogen-bond acceptors (Lipinski definition) is 3. The number of hydrogen-bond donors (Lipinski definition) is 2. The largest absolute Gasteiger partial charge is 0.489 e. The lowest BCUT2D eigenvalue weighted by molar-refractivity contribution is -0.124. The summed E-state index contributed by atoms with van der Waals surface area (Å²) in [5.74, 6) is 0.0470. The second-order valence-corrected chi connectivity index (χ2v) is 4.81. The quantitative estimate of drug-likeness (QED) is 0.766. The van der Waals surface area contributed by atoms with E-state index in [2.05, 4.69) is 10.6 Å². The van der Waals surface area contributed by atoms with Crippen LogP contribution in [-0.4, -0.2) is 32.1 Å². The van der Waals surface area contributed by atoms with Gasteiger partial charge in [0.15, 0.2) is 0 Å². The van der Waals surface area contributed by atoms with Crippen molar-refractivity contribution in [3.63, 3.8) is 0 Å². The molecule has 0 saturated heterocycles. The van der Waals surface area contributed by atoms with Crippen molar-refractivity contribution in [3.8, 4) is 5.75 Å². The van der Waals surface area contributed by atoms with Crippen molar-refractivity contribution >= 4 is 5.91 Å². The zero-order valence-corrected chi connectivity index (χ0v) is 12.3. The number of carbonyl (C=O) groups is 1. The molecule has 2 unspecified atom stereocenters. The summed E-state index contributed by atoms with van der Waals surface area (Å²) in [7, 11) is 1.81. The van der Waals surface area contributed by atoms with Crippen molar-refractivity contribution in [1.29, 1.82) is 0 Å². The summed E-state index contributed by atoms with van der Waals surface area (Å²) < 4.78 is 18.7. The Kier molecular flexibility index (Phi) is 7.01. The third kappa shape index (κ3) is 5.57. The van der Waals surface area contributed by atoms with E-state index in [4.69, 9.17) is 4.74 Å². The normalized spacial score (nSPS) is 13.6. The highest BCUT2D eigenvalue weighted by molar-refractivity contribution is 5.78. The smallest absolute Gasteiger partial charge is 0.224 e. The third-order valence-electron chi connectivity index (χ3n) is 3.02. The maximum Gasteiger partial charge on any atom is 0.224 e. The second-order valence-electron chi connectivity index (χ2n) is 4.81. The van der Waals surface area contributed by atoms with Gasteiger partial charge in [-0.2, -0.15) is 0 Å². The topological polar surface area (TPSA) is 50.4 Å². The molecule has 0 heterocycles. The van der Waals surface area contributed by atoms with Gasteiger partial charge in [0.1, 0.15) is 17.7 Å². The summed E-state index contributed by atoms with van der Waals surface area (Å²) in [6.07, 6.45) is 0.569. The first-order chi connectivity index (χ1) is 9.56. The van der Waals surface area contributed by atoms with Crippen molar-refractivity contribution in [2.45, 2.75) is 26.4 Å². The first-order valence-electron chi connectivity index (χ1n) is 6.91. The predicted octanol–water partition coefficient (Wildman–Crippen LogP) is 1.95. The minimum Gasteiger partial charge on any atom is -0.489 e. The highest BCUT2D eigenvalue weighted by Gasteiger charge is 2.14. The summed E-state index contributed by atoms with van der Waals surface area (Å²) in [5.41, 5.74) is 0. The van der Waals surface area contributed by atoms with E-state index in [9.17, 15) is 9.18 Å². The van der Waals surface area contributed by atoms with Gasteiger partial charge in [-0.1, -0.05) is 19.9 Å². The van der Waals surface area contributed by atoms with Crippen LogP contribution < -0.4 is 15.4 Å². The highest BCUT2D eigenvalue weighted by atomic mass is 19.1. The molecular formula is C15H23FN2O2. The molecule has 1 aromatic carbocycles. The van der Waals surface area contributed by atoms with E-state index in [0.717, 1.165) is 6.42 Å². The molecule has 2 N–H and O–H groups in total. The lowest BCUT2D eigenvalue weighted by atomic mass is 10.1. The molecule has 0 aliphatic rings. The Bertz CT molecular complexity index is 426. The van der Waals surface area contributed by atoms with Crippen molar-refractivity contribution < 1.29 is 13.9 Å². The van der Waals surface area contributed by atoms with Crippen molar-refractivity contribution in [2.75, 3.05) is 20.1 Å². The molecule has 0 aromatic heterocycles. The molecular weight excluding hydrogens is 259 g/mol. The van der Waals surface area contributed by atoms with Crippen LogP contribution in [-0.2, 0) is 4.79 Å². The lowest BCUT2D eigenvalue weighted by Crippen LogP contribution is -2.40. The van der Waals surface area contributed by atoms with Crippen LogP contribution in [0, 0.1) is 11.7 Å². The standard InChI is InChI=1S/C15H23FN2O2/c1-4-13(10-18-15(19)11(2)9-17-3)20-14-7-5-6-12(16)8-14/h5-8,11,13,17H,4,9-10H2,1-3H3,(H,18,19). The molecule has 0 aliphatic heterocycles. The van der Waals surface area contributed by atoms with Gasteiger partial charge < -0.3 is 15.4 Å². The zero-order chi connectivity index (χ0) is 15.0. The van der Waals surface area contributed by atoms with Gasteiger partial charge in [0.25, 0.3) is 0 Å². The minimum atomic E-state index is -0.330. The van der Waals surface area contributed by atoms with E-state index in [0.29, 0.717) is 18.8 Å². The van der Waals surface area contributed by atoms with E-state index >= 15 is 0 Å². The van der Waals surface area contributed by atoms with E-state index in [1.807, 2.05) is 20.9 Å². The van der Waals surface area contributed by atoms with Gasteiger partial charge in [0.05, 0.1) is 6.54 Å². The van der Waals surface area contributed by atoms with Crippen LogP contribution in [0.3, 0.4) is 0 Å². The SMILES string of the molecule is CCC(CNC(=O)C(C)CNC)Oc1cccc(F)c1. The predicted molar refractivity (Wildman–Crippen MR) is 77.2 cm³/mol. The Hall–Kier alpha value is -1.62. The molecule has 0 spiro atoms. The summed E-state index contributed by atoms with van der Waals surface area (Å²) in [6.45, 7) is 4.88. The van der Waals surface area contributed by atoms with E-state index < -0.39 is 0 Å². The van der Waals surface area contributed by atoms with Crippen molar-refractivity contribution in [2.24, 2.45) is 5.92 Å². The fourth-order valence-electron chi connectivity index (χ4n) is 1.79. The molecule has 0 radical (unpaired) electrons. The third-order valence-corrected chi connectivity index (χ3v) is 3.02. The number of amides is 1. The van der Waals surface area contributed by atoms with Gasteiger partial charge in [-0.25, -0.2) is 4.39 Å². The van der Waals surface area contributed by atoms with Gasteiger partial charge in [0.2, 0.25) is 5.91 Å². The molecule has 0 saturated carbocycles. The van der Waals surface area contributed by atoms with Crippen molar-refractivity contribution in [1.82, 2.24) is 10.6 Å². The lowest BCUT2D eigenvalue weighted by Gasteiger charge is -2.19. The molecule has 5 heteroatoms. The fourth-order valence-corrected chi connectivity index (χ4v) is 1.79. The Morgan fingerprint density at radius 2 is 2.15 bits per heavy atom. The molecule has 1 amide bonds. The Morgan fingerprint density at radius 3 is 2.75 bits per heavy atom. The van der Waals surface area contributed by atoms with Gasteiger partial charge in [-0.15, -0.1) is 0 Å². The average molecular weight is 282 g/mol. The molecule has 0 aliphatic carbocycles. The Labute approximate surface area is 119 Å². The molecule has 1 aromatic rings. The van der Waals surface area contributed by atoms with Crippen LogP contribution in [0.25, 0.3) is 0 Å². The van der Waals surface area contributed by atoms with E-state index in [-0.39, 0.29) is 23.7 Å². The first-order valence-corrected chi connectivity index (χ1v) is 6.91. The average Bonchev–Trinajstić information content (AvgIpc) is 2.43. The summed E-state index contributed by atoms with van der Waals surface area (Å²) in [5, 5.41) is 5.82. The molecule has 4 nitrogen and oxygen atoms in total. The van der Waals surface area contributed by atoms with Crippen LogP contribution >= 0.6 is 0 Å². The summed E-state index contributed by atoms with van der Waals surface area (Å²) in [6, 6.07) is 6.02. The van der Waals surface area contributed by atoms with Crippen LogP contribution in [0.5, 0.6) is 5.75 Å². The van der Waals surface area contributed by atoms with E-state index in [1.54, 1.807) is 12.1 Å². The number of ether oxygens (including phenoxy) is 1. The van der Waals surface area contributed by atoms with Crippen LogP contribution in [0.1, 0.15) is 20.3 Å². The molecule has 2 atom stereocenters. The van der Waals surface area contributed by atoms with Gasteiger partial charge in [-0.3, -0.25) is 4.79 Å². The van der Waals surface area contributed by atoms with Crippen LogP contribution in [0.15, 0.2) is 24.3 Å². The zero-order valence-electron chi connectivity index (χ0n) is 12.3. The second kappa shape index (κ2) is 8.53. The molecule has 112 valence electrons. The maximum atomic E-state index is 13.1. The molecule has 0 fully saturated rings. The number of nitrogens with one attached hydrogen (secondary N) is 2.